The quantitative estimate of drug-likeness (QED) is 0.355. The molecule has 7 heteroatoms. The maximum absolute atomic E-state index is 14.1. The Labute approximate surface area is 223 Å². The minimum absolute atomic E-state index is 0.122. The lowest BCUT2D eigenvalue weighted by Gasteiger charge is -2.40. The number of likely N-dealkylation sites (tertiary alicyclic amines) is 2. The lowest BCUT2D eigenvalue weighted by Crippen LogP contribution is -2.46. The number of anilines is 3. The summed E-state index contributed by atoms with van der Waals surface area (Å²) < 4.78 is 14.1. The van der Waals surface area contributed by atoms with Gasteiger partial charge in [0.2, 0.25) is 0 Å². The summed E-state index contributed by atoms with van der Waals surface area (Å²) in [6.45, 7) is 5.43. The number of amides is 1. The van der Waals surface area contributed by atoms with E-state index in [-0.39, 0.29) is 5.91 Å². The van der Waals surface area contributed by atoms with Crippen LogP contribution >= 0.6 is 11.6 Å². The highest BCUT2D eigenvalue weighted by Gasteiger charge is 2.26. The van der Waals surface area contributed by atoms with E-state index >= 15 is 0 Å². The summed E-state index contributed by atoms with van der Waals surface area (Å²) in [4.78, 5) is 18.3. The third-order valence-electron chi connectivity index (χ3n) is 7.47. The highest BCUT2D eigenvalue weighted by Crippen LogP contribution is 2.25. The number of benzene rings is 3. The van der Waals surface area contributed by atoms with Gasteiger partial charge in [-0.05, 0) is 106 Å². The number of nitrogens with one attached hydrogen (secondary N) is 2. The Kier molecular flexibility index (Phi) is 8.39. The first-order chi connectivity index (χ1) is 18.0. The van der Waals surface area contributed by atoms with Crippen LogP contribution in [-0.4, -0.2) is 47.9 Å². The van der Waals surface area contributed by atoms with Gasteiger partial charge in [0.15, 0.2) is 0 Å². The van der Waals surface area contributed by atoms with Gasteiger partial charge in [-0.15, -0.1) is 0 Å². The second-order valence-electron chi connectivity index (χ2n) is 10.0. The molecule has 2 heterocycles. The molecule has 0 atom stereocenters. The van der Waals surface area contributed by atoms with Crippen molar-refractivity contribution in [2.24, 2.45) is 0 Å². The topological polar surface area (TPSA) is 47.6 Å². The van der Waals surface area contributed by atoms with Crippen LogP contribution < -0.4 is 10.6 Å². The molecule has 1 amide bonds. The number of halogens is 2. The van der Waals surface area contributed by atoms with Crippen molar-refractivity contribution in [2.45, 2.75) is 44.7 Å². The Bertz CT molecular complexity index is 1200. The van der Waals surface area contributed by atoms with Gasteiger partial charge in [0.25, 0.3) is 5.91 Å². The normalized spacial score (nSPS) is 17.5. The van der Waals surface area contributed by atoms with Crippen molar-refractivity contribution in [2.75, 3.05) is 36.8 Å². The molecule has 0 aliphatic carbocycles. The fourth-order valence-electron chi connectivity index (χ4n) is 5.43. The maximum Gasteiger partial charge on any atom is 0.255 e. The molecular formula is C30H34ClFN4O. The number of hydrogen-bond acceptors (Lipinski definition) is 4. The average Bonchev–Trinajstić information content (AvgIpc) is 2.92. The van der Waals surface area contributed by atoms with Gasteiger partial charge in [0.1, 0.15) is 5.82 Å². The van der Waals surface area contributed by atoms with Gasteiger partial charge in [0, 0.05) is 34.5 Å². The van der Waals surface area contributed by atoms with Crippen LogP contribution in [0.2, 0.25) is 5.02 Å². The molecule has 3 aromatic carbocycles. The summed E-state index contributed by atoms with van der Waals surface area (Å²) in [6.07, 6.45) is 6.45. The number of carbonyl (C=O) groups is 1. The molecule has 0 saturated carbocycles. The van der Waals surface area contributed by atoms with Gasteiger partial charge in [0.05, 0.1) is 5.69 Å². The molecule has 5 nitrogen and oxygen atoms in total. The molecule has 2 aliphatic heterocycles. The van der Waals surface area contributed by atoms with Crippen LogP contribution in [0.4, 0.5) is 21.5 Å². The summed E-state index contributed by atoms with van der Waals surface area (Å²) in [5, 5.41) is 6.40. The SMILES string of the molecule is O=C(Nc1ccc(Nc2ccc(Cl)cc2F)cc1)c1ccccc1CN1CCC(N2CCCCC2)CC1. The molecule has 2 saturated heterocycles. The average molecular weight is 521 g/mol. The van der Waals surface area contributed by atoms with E-state index in [2.05, 4.69) is 26.5 Å². The lowest BCUT2D eigenvalue weighted by molar-refractivity contribution is 0.0891. The zero-order valence-corrected chi connectivity index (χ0v) is 21.8. The van der Waals surface area contributed by atoms with E-state index in [1.54, 1.807) is 12.1 Å². The molecular weight excluding hydrogens is 487 g/mol. The first-order valence-electron chi connectivity index (χ1n) is 13.2. The molecule has 0 unspecified atom stereocenters. The second-order valence-corrected chi connectivity index (χ2v) is 10.5. The monoisotopic (exact) mass is 520 g/mol. The van der Waals surface area contributed by atoms with Gasteiger partial charge in [-0.25, -0.2) is 4.39 Å². The lowest BCUT2D eigenvalue weighted by atomic mass is 9.98. The van der Waals surface area contributed by atoms with Crippen molar-refractivity contribution in [1.82, 2.24) is 9.80 Å². The van der Waals surface area contributed by atoms with Crippen LogP contribution in [0.1, 0.15) is 48.0 Å². The van der Waals surface area contributed by atoms with Crippen molar-refractivity contribution in [1.29, 1.82) is 0 Å². The summed E-state index contributed by atoms with van der Waals surface area (Å²) in [7, 11) is 0. The molecule has 0 aromatic heterocycles. The highest BCUT2D eigenvalue weighted by molar-refractivity contribution is 6.30. The predicted molar refractivity (Wildman–Crippen MR) is 149 cm³/mol. The molecule has 194 valence electrons. The van der Waals surface area contributed by atoms with Crippen molar-refractivity contribution in [3.63, 3.8) is 0 Å². The van der Waals surface area contributed by atoms with Crippen LogP contribution in [0, 0.1) is 5.82 Å². The van der Waals surface area contributed by atoms with Crippen LogP contribution in [0.25, 0.3) is 0 Å². The number of hydrogen-bond donors (Lipinski definition) is 2. The van der Waals surface area contributed by atoms with E-state index in [1.165, 1.54) is 51.3 Å². The Morgan fingerprint density at radius 2 is 1.59 bits per heavy atom. The standard InChI is InChI=1S/C30H34ClFN4O/c31-23-8-13-29(28(32)20-23)33-24-9-11-25(12-10-24)34-30(37)27-7-3-2-6-22(27)21-35-18-14-26(15-19-35)36-16-4-1-5-17-36/h2-3,6-13,20,26,33H,1,4-5,14-19,21H2,(H,34,37). The molecule has 5 rings (SSSR count). The molecule has 0 radical (unpaired) electrons. The first kappa shape index (κ1) is 25.7. The van der Waals surface area contributed by atoms with Crippen molar-refractivity contribution >= 4 is 34.6 Å². The van der Waals surface area contributed by atoms with Crippen LogP contribution in [-0.2, 0) is 6.54 Å². The van der Waals surface area contributed by atoms with Gasteiger partial charge >= 0.3 is 0 Å². The van der Waals surface area contributed by atoms with Crippen molar-refractivity contribution in [3.8, 4) is 0 Å². The van der Waals surface area contributed by atoms with Gasteiger partial charge in [-0.1, -0.05) is 36.2 Å². The molecule has 3 aromatic rings. The Morgan fingerprint density at radius 1 is 0.892 bits per heavy atom. The zero-order valence-electron chi connectivity index (χ0n) is 21.1. The van der Waals surface area contributed by atoms with Crippen molar-refractivity contribution < 1.29 is 9.18 Å². The number of carbonyl (C=O) groups excluding carboxylic acids is 1. The third kappa shape index (κ3) is 6.69. The van der Waals surface area contributed by atoms with E-state index in [4.69, 9.17) is 11.6 Å². The molecule has 2 N–H and O–H groups in total. The number of nitrogens with zero attached hydrogens (tertiary/aromatic N) is 2. The third-order valence-corrected chi connectivity index (χ3v) is 7.71. The summed E-state index contributed by atoms with van der Waals surface area (Å²) in [5.74, 6) is -0.541. The number of rotatable bonds is 7. The Balaban J connectivity index is 1.17. The molecule has 2 aliphatic rings. The van der Waals surface area contributed by atoms with E-state index in [1.807, 2.05) is 42.5 Å². The van der Waals surface area contributed by atoms with Crippen molar-refractivity contribution in [3.05, 3.63) is 88.7 Å². The second kappa shape index (κ2) is 12.1. The zero-order chi connectivity index (χ0) is 25.6. The van der Waals surface area contributed by atoms with E-state index < -0.39 is 5.82 Å². The molecule has 2 fully saturated rings. The first-order valence-corrected chi connectivity index (χ1v) is 13.6. The molecule has 0 spiro atoms. The minimum atomic E-state index is -0.419. The summed E-state index contributed by atoms with van der Waals surface area (Å²) >= 11 is 5.83. The number of piperidine rings is 2. The Morgan fingerprint density at radius 3 is 2.32 bits per heavy atom. The summed E-state index contributed by atoms with van der Waals surface area (Å²) in [6, 6.07) is 20.3. The van der Waals surface area contributed by atoms with E-state index in [0.29, 0.717) is 33.7 Å². The largest absolute Gasteiger partial charge is 0.353 e. The van der Waals surface area contributed by atoms with E-state index in [0.717, 1.165) is 25.2 Å². The predicted octanol–water partition coefficient (Wildman–Crippen LogP) is 6.93. The highest BCUT2D eigenvalue weighted by atomic mass is 35.5. The summed E-state index contributed by atoms with van der Waals surface area (Å²) in [5.41, 5.74) is 3.49. The fraction of sp³-hybridized carbons (Fsp3) is 0.367. The van der Waals surface area contributed by atoms with Crippen LogP contribution in [0.15, 0.2) is 66.7 Å². The fourth-order valence-corrected chi connectivity index (χ4v) is 5.59. The van der Waals surface area contributed by atoms with E-state index in [9.17, 15) is 9.18 Å². The molecule has 0 bridgehead atoms. The van der Waals surface area contributed by atoms with Crippen LogP contribution in [0.3, 0.4) is 0 Å². The maximum atomic E-state index is 14.1. The van der Waals surface area contributed by atoms with Crippen LogP contribution in [0.5, 0.6) is 0 Å². The van der Waals surface area contributed by atoms with Gasteiger partial charge in [-0.2, -0.15) is 0 Å². The van der Waals surface area contributed by atoms with Gasteiger partial charge in [-0.3, -0.25) is 9.69 Å². The minimum Gasteiger partial charge on any atom is -0.353 e. The Hall–Kier alpha value is -2.93. The smallest absolute Gasteiger partial charge is 0.255 e. The molecule has 37 heavy (non-hydrogen) atoms. The van der Waals surface area contributed by atoms with Gasteiger partial charge < -0.3 is 15.5 Å².